The lowest BCUT2D eigenvalue weighted by atomic mass is 9.94. The van der Waals surface area contributed by atoms with Crippen LogP contribution in [0, 0.1) is 5.92 Å². The second kappa shape index (κ2) is 9.56. The predicted octanol–water partition coefficient (Wildman–Crippen LogP) is 1.96. The third-order valence-electron chi connectivity index (χ3n) is 3.49. The Kier molecular flexibility index (Phi) is 7.77. The van der Waals surface area contributed by atoms with E-state index in [-0.39, 0.29) is 24.8 Å². The minimum absolute atomic E-state index is 0.0338. The number of nitrogens with one attached hydrogen (secondary N) is 2. The summed E-state index contributed by atoms with van der Waals surface area (Å²) >= 11 is 0. The maximum absolute atomic E-state index is 11.7. The van der Waals surface area contributed by atoms with Crippen LogP contribution in [0.5, 0.6) is 0 Å². The smallest absolute Gasteiger partial charge is 0.431 e. The van der Waals surface area contributed by atoms with Gasteiger partial charge in [-0.1, -0.05) is 12.1 Å². The van der Waals surface area contributed by atoms with Gasteiger partial charge >= 0.3 is 18.0 Å². The van der Waals surface area contributed by atoms with Crippen LogP contribution in [0.2, 0.25) is 0 Å². The molecule has 4 N–H and O–H groups in total. The summed E-state index contributed by atoms with van der Waals surface area (Å²) in [5, 5.41) is 20.7. The van der Waals surface area contributed by atoms with Crippen molar-refractivity contribution in [2.75, 3.05) is 0 Å². The summed E-state index contributed by atoms with van der Waals surface area (Å²) in [5.74, 6) is -3.60. The standard InChI is InChI=1S/C18H24N2O7/c1-18(2,3)19-17(26)27-20-14(21)9-8-13(16(24)25)10-11-4-6-12(7-5-11)15(22)23/h4-7,13H,8-10H2,1-3H3,(H,19,26)(H,20,21)(H,22,23)(H,24,25). The molecule has 1 aromatic rings. The Bertz CT molecular complexity index is 693. The number of rotatable bonds is 7. The van der Waals surface area contributed by atoms with Gasteiger partial charge < -0.3 is 20.4 Å². The van der Waals surface area contributed by atoms with Crippen LogP contribution in [0.25, 0.3) is 0 Å². The highest BCUT2D eigenvalue weighted by Crippen LogP contribution is 2.16. The van der Waals surface area contributed by atoms with Crippen molar-refractivity contribution in [1.29, 1.82) is 0 Å². The Hall–Kier alpha value is -3.10. The van der Waals surface area contributed by atoms with E-state index in [1.54, 1.807) is 32.9 Å². The Morgan fingerprint density at radius 2 is 1.67 bits per heavy atom. The number of amides is 2. The van der Waals surface area contributed by atoms with E-state index in [0.717, 1.165) is 0 Å². The number of hydrogen-bond donors (Lipinski definition) is 4. The maximum Gasteiger partial charge on any atom is 0.431 e. The lowest BCUT2D eigenvalue weighted by Crippen LogP contribution is -2.43. The largest absolute Gasteiger partial charge is 0.481 e. The van der Waals surface area contributed by atoms with Gasteiger partial charge in [-0.15, -0.1) is 0 Å². The lowest BCUT2D eigenvalue weighted by molar-refractivity contribution is -0.142. The topological polar surface area (TPSA) is 142 Å². The fourth-order valence-electron chi connectivity index (χ4n) is 2.17. The second-order valence-electron chi connectivity index (χ2n) is 7.07. The Balaban J connectivity index is 2.50. The van der Waals surface area contributed by atoms with Gasteiger partial charge in [0.25, 0.3) is 5.91 Å². The molecular formula is C18H24N2O7. The average molecular weight is 380 g/mol. The Morgan fingerprint density at radius 3 is 2.15 bits per heavy atom. The van der Waals surface area contributed by atoms with Crippen molar-refractivity contribution in [2.45, 2.75) is 45.6 Å². The predicted molar refractivity (Wildman–Crippen MR) is 95.0 cm³/mol. The molecule has 0 saturated heterocycles. The van der Waals surface area contributed by atoms with Crippen molar-refractivity contribution in [3.05, 3.63) is 35.4 Å². The second-order valence-corrected chi connectivity index (χ2v) is 7.07. The molecule has 2 amide bonds. The molecule has 0 radical (unpaired) electrons. The van der Waals surface area contributed by atoms with E-state index in [1.165, 1.54) is 12.1 Å². The number of carboxylic acids is 2. The van der Waals surface area contributed by atoms with Crippen LogP contribution in [0.3, 0.4) is 0 Å². The molecule has 27 heavy (non-hydrogen) atoms. The molecule has 0 aliphatic rings. The van der Waals surface area contributed by atoms with E-state index < -0.39 is 35.4 Å². The quantitative estimate of drug-likeness (QED) is 0.530. The maximum atomic E-state index is 11.7. The first kappa shape index (κ1) is 21.9. The highest BCUT2D eigenvalue weighted by molar-refractivity contribution is 5.87. The number of benzene rings is 1. The summed E-state index contributed by atoms with van der Waals surface area (Å²) in [6.07, 6.45) is -0.781. The fourth-order valence-corrected chi connectivity index (χ4v) is 2.17. The van der Waals surface area contributed by atoms with Gasteiger partial charge in [0.1, 0.15) is 0 Å². The molecule has 9 heteroatoms. The van der Waals surface area contributed by atoms with Gasteiger partial charge in [-0.25, -0.2) is 9.59 Å². The average Bonchev–Trinajstić information content (AvgIpc) is 2.55. The summed E-state index contributed by atoms with van der Waals surface area (Å²) in [6.45, 7) is 5.24. The van der Waals surface area contributed by atoms with Crippen molar-refractivity contribution in [3.8, 4) is 0 Å². The van der Waals surface area contributed by atoms with E-state index in [9.17, 15) is 24.3 Å². The molecule has 0 aliphatic carbocycles. The summed E-state index contributed by atoms with van der Waals surface area (Å²) in [5.41, 5.74) is 2.21. The van der Waals surface area contributed by atoms with Crippen LogP contribution in [-0.2, 0) is 20.8 Å². The van der Waals surface area contributed by atoms with Crippen molar-refractivity contribution < 1.29 is 34.2 Å². The number of carbonyl (C=O) groups excluding carboxylic acids is 2. The van der Waals surface area contributed by atoms with Gasteiger partial charge in [0.05, 0.1) is 11.5 Å². The molecule has 0 heterocycles. The normalized spacial score (nSPS) is 12.0. The molecule has 1 unspecified atom stereocenters. The van der Waals surface area contributed by atoms with Crippen molar-refractivity contribution in [1.82, 2.24) is 10.8 Å². The first-order valence-corrected chi connectivity index (χ1v) is 8.31. The van der Waals surface area contributed by atoms with Crippen molar-refractivity contribution in [3.63, 3.8) is 0 Å². The lowest BCUT2D eigenvalue weighted by Gasteiger charge is -2.19. The van der Waals surface area contributed by atoms with Gasteiger partial charge in [0.15, 0.2) is 0 Å². The number of hydrogen-bond acceptors (Lipinski definition) is 5. The number of hydroxylamine groups is 1. The summed E-state index contributed by atoms with van der Waals surface area (Å²) in [6, 6.07) is 5.87. The molecule has 1 rings (SSSR count). The highest BCUT2D eigenvalue weighted by atomic mass is 16.7. The monoisotopic (exact) mass is 380 g/mol. The van der Waals surface area contributed by atoms with Gasteiger partial charge in [0, 0.05) is 12.0 Å². The van der Waals surface area contributed by atoms with Crippen LogP contribution < -0.4 is 10.8 Å². The number of carbonyl (C=O) groups is 4. The SMILES string of the molecule is CC(C)(C)NC(=O)ONC(=O)CCC(Cc1ccc(C(=O)O)cc1)C(=O)O. The molecule has 148 valence electrons. The molecule has 0 saturated carbocycles. The molecule has 0 spiro atoms. The van der Waals surface area contributed by atoms with Crippen LogP contribution in [0.15, 0.2) is 24.3 Å². The van der Waals surface area contributed by atoms with E-state index in [4.69, 9.17) is 5.11 Å². The molecule has 0 fully saturated rings. The zero-order valence-corrected chi connectivity index (χ0v) is 15.4. The van der Waals surface area contributed by atoms with Crippen LogP contribution in [0.1, 0.15) is 49.5 Å². The van der Waals surface area contributed by atoms with E-state index in [2.05, 4.69) is 10.2 Å². The highest BCUT2D eigenvalue weighted by Gasteiger charge is 2.21. The molecule has 9 nitrogen and oxygen atoms in total. The number of aliphatic carboxylic acids is 1. The minimum Gasteiger partial charge on any atom is -0.481 e. The van der Waals surface area contributed by atoms with Crippen LogP contribution in [-0.4, -0.2) is 39.7 Å². The molecule has 0 bridgehead atoms. The van der Waals surface area contributed by atoms with Gasteiger partial charge in [-0.05, 0) is 51.3 Å². The summed E-state index contributed by atoms with van der Waals surface area (Å²) in [4.78, 5) is 50.0. The Morgan fingerprint density at radius 1 is 1.07 bits per heavy atom. The zero-order chi connectivity index (χ0) is 20.6. The van der Waals surface area contributed by atoms with Gasteiger partial charge in [-0.3, -0.25) is 9.59 Å². The minimum atomic E-state index is -1.07. The van der Waals surface area contributed by atoms with Gasteiger partial charge in [0.2, 0.25) is 0 Å². The Labute approximate surface area is 156 Å². The van der Waals surface area contributed by atoms with E-state index >= 15 is 0 Å². The first-order valence-electron chi connectivity index (χ1n) is 8.31. The summed E-state index contributed by atoms with van der Waals surface area (Å²) < 4.78 is 0. The first-order chi connectivity index (χ1) is 12.5. The van der Waals surface area contributed by atoms with Crippen molar-refractivity contribution >= 4 is 23.9 Å². The fraction of sp³-hybridized carbons (Fsp3) is 0.444. The molecular weight excluding hydrogens is 356 g/mol. The van der Waals surface area contributed by atoms with Crippen LogP contribution >= 0.6 is 0 Å². The number of carboxylic acid groups (broad SMARTS) is 2. The van der Waals surface area contributed by atoms with Gasteiger partial charge in [-0.2, -0.15) is 5.48 Å². The zero-order valence-electron chi connectivity index (χ0n) is 15.4. The van der Waals surface area contributed by atoms with E-state index in [1.807, 2.05) is 5.48 Å². The third kappa shape index (κ3) is 8.70. The third-order valence-corrected chi connectivity index (χ3v) is 3.49. The van der Waals surface area contributed by atoms with Crippen molar-refractivity contribution in [2.24, 2.45) is 5.92 Å². The summed E-state index contributed by atoms with van der Waals surface area (Å²) in [7, 11) is 0. The van der Waals surface area contributed by atoms with Crippen LogP contribution in [0.4, 0.5) is 4.79 Å². The van der Waals surface area contributed by atoms with E-state index in [0.29, 0.717) is 5.56 Å². The molecule has 1 aromatic carbocycles. The number of aromatic carboxylic acids is 1. The molecule has 0 aliphatic heterocycles. The molecule has 1 atom stereocenters. The molecule has 0 aromatic heterocycles.